The Morgan fingerprint density at radius 3 is 2.65 bits per heavy atom. The predicted molar refractivity (Wildman–Crippen MR) is 57.1 cm³/mol. The maximum atomic E-state index is 11.3. The van der Waals surface area contributed by atoms with Gasteiger partial charge in [0.25, 0.3) is 5.69 Å². The van der Waals surface area contributed by atoms with Crippen LogP contribution in [0.2, 0.25) is 0 Å². The van der Waals surface area contributed by atoms with Crippen LogP contribution in [0.5, 0.6) is 0 Å². The van der Waals surface area contributed by atoms with Gasteiger partial charge < -0.3 is 5.11 Å². The van der Waals surface area contributed by atoms with Crippen molar-refractivity contribution < 1.29 is 19.6 Å². The third-order valence-electron chi connectivity index (χ3n) is 2.81. The van der Waals surface area contributed by atoms with Crippen molar-refractivity contribution in [3.63, 3.8) is 0 Å². The first-order valence-corrected chi connectivity index (χ1v) is 5.04. The number of carboxylic acids is 1. The van der Waals surface area contributed by atoms with Gasteiger partial charge in [0.1, 0.15) is 5.78 Å². The monoisotopic (exact) mass is 235 g/mol. The molecule has 0 fully saturated rings. The lowest BCUT2D eigenvalue weighted by atomic mass is 9.88. The number of hydrogen-bond acceptors (Lipinski definition) is 4. The second-order valence-electron chi connectivity index (χ2n) is 3.91. The first-order valence-electron chi connectivity index (χ1n) is 5.04. The number of carbonyl (C=O) groups is 2. The minimum atomic E-state index is -1.20. The molecule has 0 amide bonds. The van der Waals surface area contributed by atoms with Gasteiger partial charge in [-0.25, -0.2) is 4.79 Å². The van der Waals surface area contributed by atoms with Gasteiger partial charge in [-0.2, -0.15) is 0 Å². The number of nitro benzene ring substituents is 1. The van der Waals surface area contributed by atoms with Crippen molar-refractivity contribution in [2.45, 2.75) is 19.3 Å². The summed E-state index contributed by atoms with van der Waals surface area (Å²) >= 11 is 0. The molecule has 1 aliphatic carbocycles. The molecule has 0 unspecified atom stereocenters. The molecule has 1 aliphatic rings. The van der Waals surface area contributed by atoms with Gasteiger partial charge in [-0.15, -0.1) is 0 Å². The van der Waals surface area contributed by atoms with E-state index < -0.39 is 10.9 Å². The molecule has 1 aromatic carbocycles. The minimum Gasteiger partial charge on any atom is -0.478 e. The fraction of sp³-hybridized carbons (Fsp3) is 0.273. The van der Waals surface area contributed by atoms with Gasteiger partial charge in [-0.1, -0.05) is 0 Å². The van der Waals surface area contributed by atoms with E-state index in [4.69, 9.17) is 5.11 Å². The summed E-state index contributed by atoms with van der Waals surface area (Å²) in [5, 5.41) is 19.7. The number of aryl methyl sites for hydroxylation is 1. The minimum absolute atomic E-state index is 0.0194. The Balaban J connectivity index is 2.63. The van der Waals surface area contributed by atoms with Gasteiger partial charge in [0.05, 0.1) is 10.5 Å². The van der Waals surface area contributed by atoms with Gasteiger partial charge in [0, 0.05) is 24.5 Å². The molecule has 0 radical (unpaired) electrons. The summed E-state index contributed by atoms with van der Waals surface area (Å²) in [4.78, 5) is 32.3. The highest BCUT2D eigenvalue weighted by molar-refractivity contribution is 5.91. The molecule has 17 heavy (non-hydrogen) atoms. The van der Waals surface area contributed by atoms with Gasteiger partial charge in [0.15, 0.2) is 0 Å². The maximum Gasteiger partial charge on any atom is 0.335 e. The van der Waals surface area contributed by atoms with Crippen molar-refractivity contribution in [2.75, 3.05) is 0 Å². The SMILES string of the molecule is O=C1CCc2cc(C(=O)O)cc([N+](=O)[O-])c2C1. The maximum absolute atomic E-state index is 11.3. The van der Waals surface area contributed by atoms with Crippen molar-refractivity contribution in [1.82, 2.24) is 0 Å². The zero-order chi connectivity index (χ0) is 12.6. The fourth-order valence-electron chi connectivity index (χ4n) is 1.99. The van der Waals surface area contributed by atoms with Crippen molar-refractivity contribution in [3.05, 3.63) is 38.9 Å². The smallest absolute Gasteiger partial charge is 0.335 e. The average molecular weight is 235 g/mol. The van der Waals surface area contributed by atoms with E-state index in [1.165, 1.54) is 6.07 Å². The van der Waals surface area contributed by atoms with E-state index in [2.05, 4.69) is 0 Å². The molecule has 88 valence electrons. The highest BCUT2D eigenvalue weighted by atomic mass is 16.6. The zero-order valence-electron chi connectivity index (χ0n) is 8.80. The van der Waals surface area contributed by atoms with Crippen LogP contribution in [0.4, 0.5) is 5.69 Å². The average Bonchev–Trinajstić information content (AvgIpc) is 2.27. The summed E-state index contributed by atoms with van der Waals surface area (Å²) in [5.41, 5.74) is 0.574. The summed E-state index contributed by atoms with van der Waals surface area (Å²) in [5.74, 6) is -1.25. The standard InChI is InChI=1S/C11H9NO5/c13-8-2-1-6-3-7(11(14)15)4-10(12(16)17)9(6)5-8/h3-4H,1-2,5H2,(H,14,15). The number of Topliss-reactive ketones (excluding diaryl/α,β-unsaturated/α-hetero) is 1. The van der Waals surface area contributed by atoms with Crippen molar-refractivity contribution in [3.8, 4) is 0 Å². The summed E-state index contributed by atoms with van der Waals surface area (Å²) in [7, 11) is 0. The van der Waals surface area contributed by atoms with Crippen molar-refractivity contribution in [1.29, 1.82) is 0 Å². The Labute approximate surface area is 96.0 Å². The molecule has 0 spiro atoms. The lowest BCUT2D eigenvalue weighted by Crippen LogP contribution is -2.16. The Morgan fingerprint density at radius 2 is 2.06 bits per heavy atom. The second-order valence-corrected chi connectivity index (χ2v) is 3.91. The van der Waals surface area contributed by atoms with Crippen LogP contribution in [-0.2, 0) is 17.6 Å². The normalized spacial score (nSPS) is 14.2. The van der Waals surface area contributed by atoms with Crippen LogP contribution in [0, 0.1) is 10.1 Å². The lowest BCUT2D eigenvalue weighted by Gasteiger charge is -2.15. The third kappa shape index (κ3) is 2.01. The molecule has 1 N–H and O–H groups in total. The number of carbonyl (C=O) groups excluding carboxylic acids is 1. The second kappa shape index (κ2) is 3.97. The quantitative estimate of drug-likeness (QED) is 0.616. The molecule has 0 saturated heterocycles. The zero-order valence-corrected chi connectivity index (χ0v) is 8.80. The number of hydrogen-bond donors (Lipinski definition) is 1. The summed E-state index contributed by atoms with van der Waals surface area (Å²) in [6.45, 7) is 0. The third-order valence-corrected chi connectivity index (χ3v) is 2.81. The molecule has 0 bridgehead atoms. The highest BCUT2D eigenvalue weighted by Crippen LogP contribution is 2.29. The van der Waals surface area contributed by atoms with E-state index in [1.54, 1.807) is 0 Å². The molecular formula is C11H9NO5. The molecule has 0 aromatic heterocycles. The van der Waals surface area contributed by atoms with E-state index in [-0.39, 0.29) is 23.5 Å². The Hall–Kier alpha value is -2.24. The van der Waals surface area contributed by atoms with E-state index in [0.717, 1.165) is 6.07 Å². The largest absolute Gasteiger partial charge is 0.478 e. The van der Waals surface area contributed by atoms with Crippen molar-refractivity contribution in [2.24, 2.45) is 0 Å². The van der Waals surface area contributed by atoms with Crippen LogP contribution >= 0.6 is 0 Å². The molecule has 0 saturated carbocycles. The van der Waals surface area contributed by atoms with Gasteiger partial charge in [-0.3, -0.25) is 14.9 Å². The lowest BCUT2D eigenvalue weighted by molar-refractivity contribution is -0.385. The van der Waals surface area contributed by atoms with Crippen molar-refractivity contribution >= 4 is 17.4 Å². The number of rotatable bonds is 2. The van der Waals surface area contributed by atoms with Gasteiger partial charge >= 0.3 is 5.97 Å². The molecule has 6 heteroatoms. The first-order chi connectivity index (χ1) is 7.99. The van der Waals surface area contributed by atoms with Crippen LogP contribution in [-0.4, -0.2) is 21.8 Å². The van der Waals surface area contributed by atoms with Crippen LogP contribution in [0.25, 0.3) is 0 Å². The summed E-state index contributed by atoms with van der Waals surface area (Å²) in [6.07, 6.45) is 0.703. The number of aromatic carboxylic acids is 1. The van der Waals surface area contributed by atoms with E-state index in [0.29, 0.717) is 24.0 Å². The number of benzene rings is 1. The predicted octanol–water partition coefficient (Wildman–Crippen LogP) is 1.35. The van der Waals surface area contributed by atoms with Gasteiger partial charge in [0.2, 0.25) is 0 Å². The summed E-state index contributed by atoms with van der Waals surface area (Å²) < 4.78 is 0. The topological polar surface area (TPSA) is 97.5 Å². The highest BCUT2D eigenvalue weighted by Gasteiger charge is 2.26. The number of nitro groups is 1. The van der Waals surface area contributed by atoms with Crippen LogP contribution in [0.15, 0.2) is 12.1 Å². The first kappa shape index (κ1) is 11.3. The van der Waals surface area contributed by atoms with Crippen LogP contribution < -0.4 is 0 Å². The van der Waals surface area contributed by atoms with E-state index in [1.807, 2.05) is 0 Å². The molecule has 6 nitrogen and oxygen atoms in total. The Bertz CT molecular complexity index is 535. The van der Waals surface area contributed by atoms with E-state index >= 15 is 0 Å². The number of ketones is 1. The molecule has 0 atom stereocenters. The summed E-state index contributed by atoms with van der Waals surface area (Å²) in [6, 6.07) is 2.43. The van der Waals surface area contributed by atoms with Crippen LogP contribution in [0.3, 0.4) is 0 Å². The molecular weight excluding hydrogens is 226 g/mol. The molecule has 0 heterocycles. The Morgan fingerprint density at radius 1 is 1.35 bits per heavy atom. The number of carboxylic acid groups (broad SMARTS) is 1. The van der Waals surface area contributed by atoms with E-state index in [9.17, 15) is 19.7 Å². The number of nitrogens with zero attached hydrogens (tertiary/aromatic N) is 1. The molecule has 1 aromatic rings. The molecule has 0 aliphatic heterocycles. The Kier molecular flexibility index (Phi) is 2.63. The fourth-order valence-corrected chi connectivity index (χ4v) is 1.99. The van der Waals surface area contributed by atoms with Gasteiger partial charge in [-0.05, 0) is 18.1 Å². The van der Waals surface area contributed by atoms with Crippen LogP contribution in [0.1, 0.15) is 27.9 Å². The number of fused-ring (bicyclic) bond motifs is 1. The molecule has 2 rings (SSSR count).